The molecule has 2 N–H and O–H groups in total. The van der Waals surface area contributed by atoms with Crippen LogP contribution in [0, 0.1) is 5.92 Å². The van der Waals surface area contributed by atoms with Crippen molar-refractivity contribution in [2.45, 2.75) is 13.0 Å². The summed E-state index contributed by atoms with van der Waals surface area (Å²) in [5.41, 5.74) is 1.68. The van der Waals surface area contributed by atoms with E-state index in [9.17, 15) is 9.59 Å². The average Bonchev–Trinajstić information content (AvgIpc) is 3.15. The summed E-state index contributed by atoms with van der Waals surface area (Å²) in [7, 11) is 1.65. The molecule has 142 valence electrons. The van der Waals surface area contributed by atoms with Gasteiger partial charge in [0.25, 0.3) is 0 Å². The van der Waals surface area contributed by atoms with Gasteiger partial charge >= 0.3 is 5.97 Å². The number of hydrogen-bond acceptors (Lipinski definition) is 6. The Labute approximate surface area is 157 Å². The lowest BCUT2D eigenvalue weighted by Crippen LogP contribution is -2.30. The summed E-state index contributed by atoms with van der Waals surface area (Å²) in [4.78, 5) is 33.4. The standard InChI is InChI=1S/C19H22N4O4/c1-20-19(26)14-5-8-23(10-14)11-15-9-13(18-21-6-2-7-22-18)3-4-16(15)27-12-17(24)25/h2-4,6-7,9,14H,5,8,10-12H2,1H3,(H,20,26)(H,24,25)/t14-/m1/s1. The Morgan fingerprint density at radius 3 is 2.81 bits per heavy atom. The zero-order valence-electron chi connectivity index (χ0n) is 15.1. The average molecular weight is 370 g/mol. The minimum atomic E-state index is -1.03. The van der Waals surface area contributed by atoms with E-state index >= 15 is 0 Å². The van der Waals surface area contributed by atoms with Gasteiger partial charge in [0.15, 0.2) is 12.4 Å². The minimum Gasteiger partial charge on any atom is -0.482 e. The third-order valence-electron chi connectivity index (χ3n) is 4.52. The maximum atomic E-state index is 11.9. The van der Waals surface area contributed by atoms with Crippen molar-refractivity contribution in [3.63, 3.8) is 0 Å². The van der Waals surface area contributed by atoms with Crippen LogP contribution in [-0.4, -0.2) is 58.6 Å². The van der Waals surface area contributed by atoms with Crippen LogP contribution in [0.15, 0.2) is 36.7 Å². The van der Waals surface area contributed by atoms with Crippen LogP contribution in [0.25, 0.3) is 11.4 Å². The Morgan fingerprint density at radius 1 is 1.33 bits per heavy atom. The number of aromatic nitrogens is 2. The molecule has 1 amide bonds. The van der Waals surface area contributed by atoms with Gasteiger partial charge in [-0.25, -0.2) is 14.8 Å². The Bertz CT molecular complexity index is 813. The third kappa shape index (κ3) is 4.79. The lowest BCUT2D eigenvalue weighted by molar-refractivity contribution is -0.139. The number of aliphatic carboxylic acids is 1. The summed E-state index contributed by atoms with van der Waals surface area (Å²) in [5, 5.41) is 11.6. The molecule has 1 fully saturated rings. The molecule has 0 spiro atoms. The zero-order chi connectivity index (χ0) is 19.2. The Hall–Kier alpha value is -3.00. The van der Waals surface area contributed by atoms with E-state index in [1.54, 1.807) is 31.6 Å². The quantitative estimate of drug-likeness (QED) is 0.754. The predicted molar refractivity (Wildman–Crippen MR) is 98.0 cm³/mol. The smallest absolute Gasteiger partial charge is 0.341 e. The summed E-state index contributed by atoms with van der Waals surface area (Å²) in [6, 6.07) is 7.22. The van der Waals surface area contributed by atoms with Crippen molar-refractivity contribution in [1.29, 1.82) is 0 Å². The largest absolute Gasteiger partial charge is 0.482 e. The molecule has 0 aliphatic carbocycles. The molecule has 0 bridgehead atoms. The van der Waals surface area contributed by atoms with Crippen molar-refractivity contribution in [1.82, 2.24) is 20.2 Å². The van der Waals surface area contributed by atoms with E-state index in [0.29, 0.717) is 24.7 Å². The Balaban J connectivity index is 1.81. The van der Waals surface area contributed by atoms with Gasteiger partial charge in [-0.15, -0.1) is 0 Å². The van der Waals surface area contributed by atoms with Gasteiger partial charge in [0, 0.05) is 43.7 Å². The summed E-state index contributed by atoms with van der Waals surface area (Å²) in [6.45, 7) is 1.60. The summed E-state index contributed by atoms with van der Waals surface area (Å²) < 4.78 is 5.45. The molecule has 1 atom stereocenters. The molecule has 1 aliphatic rings. The minimum absolute atomic E-state index is 0.0287. The van der Waals surface area contributed by atoms with Crippen molar-refractivity contribution in [3.8, 4) is 17.1 Å². The molecule has 8 nitrogen and oxygen atoms in total. The summed E-state index contributed by atoms with van der Waals surface area (Å²) >= 11 is 0. The number of likely N-dealkylation sites (tertiary alicyclic amines) is 1. The normalized spacial score (nSPS) is 16.9. The highest BCUT2D eigenvalue weighted by Gasteiger charge is 2.28. The lowest BCUT2D eigenvalue weighted by Gasteiger charge is -2.19. The zero-order valence-corrected chi connectivity index (χ0v) is 15.1. The van der Waals surface area contributed by atoms with Gasteiger partial charge in [0.1, 0.15) is 5.75 Å². The van der Waals surface area contributed by atoms with Gasteiger partial charge in [-0.05, 0) is 37.2 Å². The Morgan fingerprint density at radius 2 is 2.11 bits per heavy atom. The first kappa shape index (κ1) is 18.8. The van der Waals surface area contributed by atoms with Crippen LogP contribution in [0.5, 0.6) is 5.75 Å². The highest BCUT2D eigenvalue weighted by Crippen LogP contribution is 2.28. The van der Waals surface area contributed by atoms with E-state index in [-0.39, 0.29) is 11.8 Å². The van der Waals surface area contributed by atoms with Gasteiger partial charge in [0.2, 0.25) is 5.91 Å². The third-order valence-corrected chi connectivity index (χ3v) is 4.52. The fourth-order valence-electron chi connectivity index (χ4n) is 3.21. The number of carboxylic acid groups (broad SMARTS) is 1. The maximum Gasteiger partial charge on any atom is 0.341 e. The number of carboxylic acids is 1. The molecule has 2 aromatic rings. The first-order valence-electron chi connectivity index (χ1n) is 8.75. The second-order valence-electron chi connectivity index (χ2n) is 6.41. The van der Waals surface area contributed by atoms with Gasteiger partial charge in [0.05, 0.1) is 5.92 Å². The highest BCUT2D eigenvalue weighted by molar-refractivity contribution is 5.78. The fraction of sp³-hybridized carbons (Fsp3) is 0.368. The molecule has 1 saturated heterocycles. The molecule has 27 heavy (non-hydrogen) atoms. The molecule has 1 aromatic carbocycles. The number of benzene rings is 1. The molecule has 8 heteroatoms. The highest BCUT2D eigenvalue weighted by atomic mass is 16.5. The fourth-order valence-corrected chi connectivity index (χ4v) is 3.21. The number of nitrogens with one attached hydrogen (secondary N) is 1. The number of amides is 1. The SMILES string of the molecule is CNC(=O)[C@@H]1CCN(Cc2cc(-c3ncccn3)ccc2OCC(=O)O)C1. The van der Waals surface area contributed by atoms with E-state index in [1.807, 2.05) is 12.1 Å². The van der Waals surface area contributed by atoms with Gasteiger partial charge < -0.3 is 15.2 Å². The van der Waals surface area contributed by atoms with E-state index in [1.165, 1.54) is 0 Å². The summed E-state index contributed by atoms with van der Waals surface area (Å²) in [5.74, 6) is 0.0938. The van der Waals surface area contributed by atoms with Crippen LogP contribution in [0.3, 0.4) is 0 Å². The molecular weight excluding hydrogens is 348 g/mol. The molecule has 2 heterocycles. The second-order valence-corrected chi connectivity index (χ2v) is 6.41. The van der Waals surface area contributed by atoms with Crippen LogP contribution < -0.4 is 10.1 Å². The molecule has 1 aromatic heterocycles. The van der Waals surface area contributed by atoms with Gasteiger partial charge in [-0.1, -0.05) is 0 Å². The van der Waals surface area contributed by atoms with Crippen molar-refractivity contribution in [3.05, 3.63) is 42.2 Å². The molecule has 1 aliphatic heterocycles. The maximum absolute atomic E-state index is 11.9. The number of hydrogen-bond donors (Lipinski definition) is 2. The molecule has 0 unspecified atom stereocenters. The van der Waals surface area contributed by atoms with E-state index < -0.39 is 12.6 Å². The van der Waals surface area contributed by atoms with Crippen LogP contribution in [0.2, 0.25) is 0 Å². The number of carbonyl (C=O) groups excluding carboxylic acids is 1. The van der Waals surface area contributed by atoms with Gasteiger partial charge in [-0.3, -0.25) is 9.69 Å². The number of carbonyl (C=O) groups is 2. The van der Waals surface area contributed by atoms with E-state index in [0.717, 1.165) is 24.1 Å². The number of nitrogens with zero attached hydrogens (tertiary/aromatic N) is 3. The van der Waals surface area contributed by atoms with Crippen LogP contribution >= 0.6 is 0 Å². The van der Waals surface area contributed by atoms with Crippen LogP contribution in [0.4, 0.5) is 0 Å². The first-order valence-corrected chi connectivity index (χ1v) is 8.75. The number of rotatable bonds is 7. The molecular formula is C19H22N4O4. The topological polar surface area (TPSA) is 105 Å². The first-order chi connectivity index (χ1) is 13.1. The second kappa shape index (κ2) is 8.59. The molecule has 0 radical (unpaired) electrons. The number of ether oxygens (including phenoxy) is 1. The van der Waals surface area contributed by atoms with E-state index in [2.05, 4.69) is 20.2 Å². The molecule has 3 rings (SSSR count). The van der Waals surface area contributed by atoms with Crippen LogP contribution in [-0.2, 0) is 16.1 Å². The van der Waals surface area contributed by atoms with Crippen LogP contribution in [0.1, 0.15) is 12.0 Å². The predicted octanol–water partition coefficient (Wildman–Crippen LogP) is 1.17. The Kier molecular flexibility index (Phi) is 5.97. The van der Waals surface area contributed by atoms with Crippen molar-refractivity contribution in [2.24, 2.45) is 5.92 Å². The monoisotopic (exact) mass is 370 g/mol. The van der Waals surface area contributed by atoms with E-state index in [4.69, 9.17) is 9.84 Å². The lowest BCUT2D eigenvalue weighted by atomic mass is 10.1. The molecule has 0 saturated carbocycles. The summed E-state index contributed by atoms with van der Waals surface area (Å²) in [6.07, 6.45) is 4.14. The van der Waals surface area contributed by atoms with Gasteiger partial charge in [-0.2, -0.15) is 0 Å². The van der Waals surface area contributed by atoms with Crippen molar-refractivity contribution in [2.75, 3.05) is 26.7 Å². The van der Waals surface area contributed by atoms with Crippen molar-refractivity contribution >= 4 is 11.9 Å². The van der Waals surface area contributed by atoms with Crippen molar-refractivity contribution < 1.29 is 19.4 Å².